The molecule has 2 aromatic carbocycles. The maximum Gasteiger partial charge on any atom is 0.119 e. The van der Waals surface area contributed by atoms with Gasteiger partial charge in [-0.1, -0.05) is 18.2 Å². The fraction of sp³-hybridized carbons (Fsp3) is 0.500. The topological polar surface area (TPSA) is 27.7 Å². The number of hydrogen-bond donors (Lipinski definition) is 1. The normalized spacial score (nSPS) is 23.0. The molecule has 2 fully saturated rings. The van der Waals surface area contributed by atoms with Crippen molar-refractivity contribution in [2.75, 3.05) is 46.4 Å². The van der Waals surface area contributed by atoms with Crippen molar-refractivity contribution < 1.29 is 4.74 Å². The van der Waals surface area contributed by atoms with Crippen molar-refractivity contribution in [2.45, 2.75) is 19.0 Å². The minimum absolute atomic E-state index is 0.766. The first-order valence-corrected chi connectivity index (χ1v) is 9.05. The summed E-state index contributed by atoms with van der Waals surface area (Å²) in [5, 5.41) is 6.02. The van der Waals surface area contributed by atoms with E-state index >= 15 is 0 Å². The van der Waals surface area contributed by atoms with E-state index in [1.807, 2.05) is 6.07 Å². The van der Waals surface area contributed by atoms with E-state index in [2.05, 4.69) is 45.4 Å². The van der Waals surface area contributed by atoms with Gasteiger partial charge in [0.25, 0.3) is 0 Å². The highest BCUT2D eigenvalue weighted by Gasteiger charge is 2.25. The number of nitrogens with one attached hydrogen (secondary N) is 1. The van der Waals surface area contributed by atoms with Gasteiger partial charge < -0.3 is 10.1 Å². The second-order valence-electron chi connectivity index (χ2n) is 7.01. The minimum Gasteiger partial charge on any atom is -0.497 e. The minimum atomic E-state index is 0.766. The molecular weight excluding hydrogens is 298 g/mol. The Balaban J connectivity index is 1.38. The van der Waals surface area contributed by atoms with Crippen LogP contribution in [0.15, 0.2) is 36.4 Å². The molecule has 0 aromatic heterocycles. The van der Waals surface area contributed by atoms with Crippen LogP contribution < -0.4 is 10.1 Å². The van der Waals surface area contributed by atoms with E-state index in [0.29, 0.717) is 0 Å². The summed E-state index contributed by atoms with van der Waals surface area (Å²) < 4.78 is 5.31. The molecule has 24 heavy (non-hydrogen) atoms. The third kappa shape index (κ3) is 3.41. The fourth-order valence-electron chi connectivity index (χ4n) is 3.99. The summed E-state index contributed by atoms with van der Waals surface area (Å²) in [6, 6.07) is 13.9. The zero-order valence-corrected chi connectivity index (χ0v) is 14.5. The van der Waals surface area contributed by atoms with Crippen LogP contribution in [0.2, 0.25) is 0 Å². The number of piperazine rings is 1. The predicted octanol–water partition coefficient (Wildman–Crippen LogP) is 2.33. The number of fused-ring (bicyclic) bond motifs is 1. The number of methoxy groups -OCH3 is 1. The highest BCUT2D eigenvalue weighted by atomic mass is 16.5. The van der Waals surface area contributed by atoms with Gasteiger partial charge in [0.15, 0.2) is 0 Å². The zero-order valence-electron chi connectivity index (χ0n) is 14.5. The van der Waals surface area contributed by atoms with Crippen molar-refractivity contribution in [3.05, 3.63) is 42.0 Å². The van der Waals surface area contributed by atoms with Crippen LogP contribution in [0.1, 0.15) is 12.0 Å². The Bertz CT molecular complexity index is 688. The largest absolute Gasteiger partial charge is 0.497 e. The average Bonchev–Trinajstić information content (AvgIpc) is 3.16. The molecule has 0 radical (unpaired) electrons. The van der Waals surface area contributed by atoms with Crippen LogP contribution in [-0.4, -0.2) is 62.2 Å². The molecule has 4 heteroatoms. The second-order valence-corrected chi connectivity index (χ2v) is 7.01. The molecule has 1 N–H and O–H groups in total. The van der Waals surface area contributed by atoms with Gasteiger partial charge in [0.2, 0.25) is 0 Å². The molecule has 0 spiro atoms. The Labute approximate surface area is 144 Å². The van der Waals surface area contributed by atoms with Crippen LogP contribution >= 0.6 is 0 Å². The lowest BCUT2D eigenvalue weighted by Crippen LogP contribution is -2.50. The molecule has 0 bridgehead atoms. The molecule has 4 nitrogen and oxygen atoms in total. The van der Waals surface area contributed by atoms with E-state index in [4.69, 9.17) is 4.74 Å². The Hall–Kier alpha value is -1.62. The van der Waals surface area contributed by atoms with Crippen molar-refractivity contribution in [3.63, 3.8) is 0 Å². The van der Waals surface area contributed by atoms with Gasteiger partial charge in [-0.2, -0.15) is 0 Å². The fourth-order valence-corrected chi connectivity index (χ4v) is 3.99. The number of ether oxygens (including phenoxy) is 1. The van der Waals surface area contributed by atoms with Crippen molar-refractivity contribution in [1.82, 2.24) is 15.1 Å². The van der Waals surface area contributed by atoms with E-state index in [0.717, 1.165) is 18.3 Å². The van der Waals surface area contributed by atoms with Gasteiger partial charge in [0, 0.05) is 45.3 Å². The van der Waals surface area contributed by atoms with Crippen LogP contribution in [-0.2, 0) is 6.54 Å². The van der Waals surface area contributed by atoms with Gasteiger partial charge in [-0.25, -0.2) is 0 Å². The highest BCUT2D eigenvalue weighted by molar-refractivity contribution is 5.84. The predicted molar refractivity (Wildman–Crippen MR) is 98.6 cm³/mol. The van der Waals surface area contributed by atoms with E-state index in [9.17, 15) is 0 Å². The van der Waals surface area contributed by atoms with E-state index in [1.54, 1.807) is 7.11 Å². The Morgan fingerprint density at radius 1 is 1.04 bits per heavy atom. The second kappa shape index (κ2) is 7.09. The molecule has 0 amide bonds. The first-order chi connectivity index (χ1) is 11.8. The molecule has 0 saturated carbocycles. The molecule has 2 heterocycles. The first kappa shape index (κ1) is 15.9. The smallest absolute Gasteiger partial charge is 0.119 e. The molecule has 0 aliphatic carbocycles. The van der Waals surface area contributed by atoms with Crippen LogP contribution in [0.3, 0.4) is 0 Å². The van der Waals surface area contributed by atoms with Crippen LogP contribution in [0.5, 0.6) is 5.75 Å². The Kier molecular flexibility index (Phi) is 4.69. The molecule has 2 aliphatic heterocycles. The quantitative estimate of drug-likeness (QED) is 0.934. The average molecular weight is 325 g/mol. The van der Waals surface area contributed by atoms with Crippen LogP contribution in [0.4, 0.5) is 0 Å². The standard InChI is InChI=1S/C20H27N3O/c1-24-20-5-4-17-12-16(2-3-18(17)13-20)15-22-8-10-23(11-9-22)19-6-7-21-14-19/h2-5,12-13,19,21H,6-11,14-15H2,1H3. The third-order valence-electron chi connectivity index (χ3n) is 5.48. The lowest BCUT2D eigenvalue weighted by atomic mass is 10.1. The highest BCUT2D eigenvalue weighted by Crippen LogP contribution is 2.23. The van der Waals surface area contributed by atoms with Gasteiger partial charge >= 0.3 is 0 Å². The SMILES string of the molecule is COc1ccc2cc(CN3CCN(C4CCNC4)CC3)ccc2c1. The maximum atomic E-state index is 5.31. The van der Waals surface area contributed by atoms with Gasteiger partial charge in [-0.05, 0) is 47.5 Å². The summed E-state index contributed by atoms with van der Waals surface area (Å²) in [4.78, 5) is 5.26. The molecule has 4 rings (SSSR count). The maximum absolute atomic E-state index is 5.31. The number of hydrogen-bond acceptors (Lipinski definition) is 4. The lowest BCUT2D eigenvalue weighted by Gasteiger charge is -2.37. The van der Waals surface area contributed by atoms with Gasteiger partial charge in [0.05, 0.1) is 7.11 Å². The van der Waals surface area contributed by atoms with E-state index in [-0.39, 0.29) is 0 Å². The molecular formula is C20H27N3O. The molecule has 2 aromatic rings. The van der Waals surface area contributed by atoms with Gasteiger partial charge in [-0.3, -0.25) is 9.80 Å². The summed E-state index contributed by atoms with van der Waals surface area (Å²) >= 11 is 0. The molecule has 1 atom stereocenters. The monoisotopic (exact) mass is 325 g/mol. The third-order valence-corrected chi connectivity index (χ3v) is 5.48. The van der Waals surface area contributed by atoms with Crippen LogP contribution in [0, 0.1) is 0 Å². The van der Waals surface area contributed by atoms with Crippen LogP contribution in [0.25, 0.3) is 10.8 Å². The molecule has 1 unspecified atom stereocenters. The zero-order chi connectivity index (χ0) is 16.4. The summed E-state index contributed by atoms with van der Waals surface area (Å²) in [6.45, 7) is 8.18. The van der Waals surface area contributed by atoms with Crippen molar-refractivity contribution >= 4 is 10.8 Å². The van der Waals surface area contributed by atoms with Gasteiger partial charge in [0.1, 0.15) is 5.75 Å². The summed E-state index contributed by atoms with van der Waals surface area (Å²) in [6.07, 6.45) is 1.31. The first-order valence-electron chi connectivity index (χ1n) is 9.05. The van der Waals surface area contributed by atoms with E-state index < -0.39 is 0 Å². The summed E-state index contributed by atoms with van der Waals surface area (Å²) in [7, 11) is 1.72. The molecule has 2 aliphatic rings. The molecule has 128 valence electrons. The Morgan fingerprint density at radius 2 is 1.83 bits per heavy atom. The van der Waals surface area contributed by atoms with Crippen molar-refractivity contribution in [1.29, 1.82) is 0 Å². The molecule has 2 saturated heterocycles. The number of nitrogens with zero attached hydrogens (tertiary/aromatic N) is 2. The lowest BCUT2D eigenvalue weighted by molar-refractivity contribution is 0.0981. The van der Waals surface area contributed by atoms with Gasteiger partial charge in [-0.15, -0.1) is 0 Å². The summed E-state index contributed by atoms with van der Waals surface area (Å²) in [5.41, 5.74) is 1.41. The number of rotatable bonds is 4. The summed E-state index contributed by atoms with van der Waals surface area (Å²) in [5.74, 6) is 0.924. The van der Waals surface area contributed by atoms with Crippen molar-refractivity contribution in [2.24, 2.45) is 0 Å². The van der Waals surface area contributed by atoms with Crippen molar-refractivity contribution in [3.8, 4) is 5.75 Å². The number of benzene rings is 2. The Morgan fingerprint density at radius 3 is 2.58 bits per heavy atom. The van der Waals surface area contributed by atoms with E-state index in [1.165, 1.54) is 62.0 Å².